The molecule has 0 radical (unpaired) electrons. The first-order valence-electron chi connectivity index (χ1n) is 4.57. The van der Waals surface area contributed by atoms with E-state index in [1.807, 2.05) is 0 Å². The summed E-state index contributed by atoms with van der Waals surface area (Å²) in [6.07, 6.45) is 0.236. The lowest BCUT2D eigenvalue weighted by Crippen LogP contribution is -2.03. The Kier molecular flexibility index (Phi) is 4.44. The Labute approximate surface area is 103 Å². The standard InChI is InChI=1S/C9H10ClNO5S/c1-16-5-4-7-6-8(11(12)13)2-3-9(7)17(10,14)15/h2-3,6H,4-5H2,1H3. The highest BCUT2D eigenvalue weighted by molar-refractivity contribution is 8.13. The van der Waals surface area contributed by atoms with E-state index in [9.17, 15) is 18.5 Å². The van der Waals surface area contributed by atoms with Gasteiger partial charge in [-0.25, -0.2) is 8.42 Å². The third-order valence-electron chi connectivity index (χ3n) is 2.09. The van der Waals surface area contributed by atoms with Crippen molar-refractivity contribution in [3.8, 4) is 0 Å². The molecule has 0 amide bonds. The van der Waals surface area contributed by atoms with Crippen LogP contribution in [-0.2, 0) is 20.2 Å². The van der Waals surface area contributed by atoms with Gasteiger partial charge in [0.1, 0.15) is 0 Å². The van der Waals surface area contributed by atoms with E-state index in [2.05, 4.69) is 0 Å². The third-order valence-corrected chi connectivity index (χ3v) is 3.52. The van der Waals surface area contributed by atoms with Gasteiger partial charge in [-0.3, -0.25) is 10.1 Å². The first kappa shape index (κ1) is 13.9. The van der Waals surface area contributed by atoms with Crippen LogP contribution < -0.4 is 0 Å². The molecule has 0 N–H and O–H groups in total. The molecule has 0 saturated heterocycles. The normalized spacial score (nSPS) is 11.4. The van der Waals surface area contributed by atoms with Crippen LogP contribution in [0.3, 0.4) is 0 Å². The summed E-state index contributed by atoms with van der Waals surface area (Å²) in [5.41, 5.74) is 0.0937. The second-order valence-corrected chi connectivity index (χ2v) is 5.76. The Morgan fingerprint density at radius 2 is 2.12 bits per heavy atom. The molecule has 6 nitrogen and oxygen atoms in total. The summed E-state index contributed by atoms with van der Waals surface area (Å²) in [5, 5.41) is 10.6. The van der Waals surface area contributed by atoms with Crippen molar-refractivity contribution in [1.29, 1.82) is 0 Å². The zero-order valence-corrected chi connectivity index (χ0v) is 10.5. The highest BCUT2D eigenvalue weighted by Gasteiger charge is 2.18. The Bertz CT molecular complexity index is 528. The molecule has 17 heavy (non-hydrogen) atoms. The van der Waals surface area contributed by atoms with Gasteiger partial charge in [0.2, 0.25) is 0 Å². The lowest BCUT2D eigenvalue weighted by molar-refractivity contribution is -0.385. The fourth-order valence-corrected chi connectivity index (χ4v) is 2.48. The van der Waals surface area contributed by atoms with Crippen LogP contribution in [0.1, 0.15) is 5.56 Å². The first-order valence-corrected chi connectivity index (χ1v) is 6.88. The molecule has 1 rings (SSSR count). The second kappa shape index (κ2) is 5.44. The van der Waals surface area contributed by atoms with Crippen LogP contribution >= 0.6 is 10.7 Å². The minimum atomic E-state index is -3.91. The molecule has 0 atom stereocenters. The molecule has 0 saturated carbocycles. The number of benzene rings is 1. The predicted molar refractivity (Wildman–Crippen MR) is 61.7 cm³/mol. The van der Waals surface area contributed by atoms with Crippen molar-refractivity contribution >= 4 is 25.4 Å². The highest BCUT2D eigenvalue weighted by Crippen LogP contribution is 2.25. The number of hydrogen-bond acceptors (Lipinski definition) is 5. The molecule has 1 aromatic rings. The Hall–Kier alpha value is -1.18. The van der Waals surface area contributed by atoms with Crippen molar-refractivity contribution in [2.45, 2.75) is 11.3 Å². The average molecular weight is 280 g/mol. The van der Waals surface area contributed by atoms with E-state index in [0.29, 0.717) is 0 Å². The number of methoxy groups -OCH3 is 1. The number of halogens is 1. The first-order chi connectivity index (χ1) is 7.86. The Morgan fingerprint density at radius 1 is 1.47 bits per heavy atom. The Balaban J connectivity index is 3.26. The van der Waals surface area contributed by atoms with Crippen LogP contribution in [0, 0.1) is 10.1 Å². The molecule has 0 aliphatic carbocycles. The Morgan fingerprint density at radius 3 is 2.59 bits per heavy atom. The number of nitro benzene ring substituents is 1. The number of rotatable bonds is 5. The largest absolute Gasteiger partial charge is 0.384 e. The van der Waals surface area contributed by atoms with Crippen molar-refractivity contribution in [2.24, 2.45) is 0 Å². The number of non-ortho nitro benzene ring substituents is 1. The average Bonchev–Trinajstić information content (AvgIpc) is 2.24. The molecule has 0 heterocycles. The smallest absolute Gasteiger partial charge is 0.269 e. The van der Waals surface area contributed by atoms with Gasteiger partial charge in [-0.05, 0) is 18.1 Å². The summed E-state index contributed by atoms with van der Waals surface area (Å²) in [5.74, 6) is 0. The van der Waals surface area contributed by atoms with Gasteiger partial charge in [0.15, 0.2) is 0 Å². The monoisotopic (exact) mass is 279 g/mol. The number of nitrogens with zero attached hydrogens (tertiary/aromatic N) is 1. The van der Waals surface area contributed by atoms with Crippen molar-refractivity contribution in [1.82, 2.24) is 0 Å². The molecule has 0 fully saturated rings. The van der Waals surface area contributed by atoms with Gasteiger partial charge in [-0.2, -0.15) is 0 Å². The van der Waals surface area contributed by atoms with E-state index < -0.39 is 14.0 Å². The quantitative estimate of drug-likeness (QED) is 0.465. The molecule has 0 aromatic heterocycles. The van der Waals surface area contributed by atoms with Crippen LogP contribution in [0.5, 0.6) is 0 Å². The van der Waals surface area contributed by atoms with Crippen LogP contribution in [0.2, 0.25) is 0 Å². The van der Waals surface area contributed by atoms with Crippen molar-refractivity contribution in [2.75, 3.05) is 13.7 Å². The molecule has 8 heteroatoms. The molecule has 94 valence electrons. The summed E-state index contributed by atoms with van der Waals surface area (Å²) in [7, 11) is 2.77. The van der Waals surface area contributed by atoms with E-state index in [-0.39, 0.29) is 29.2 Å². The van der Waals surface area contributed by atoms with Crippen LogP contribution in [0.15, 0.2) is 23.1 Å². The molecule has 0 bridgehead atoms. The number of hydrogen-bond donors (Lipinski definition) is 0. The van der Waals surface area contributed by atoms with Gasteiger partial charge in [-0.15, -0.1) is 0 Å². The zero-order valence-electron chi connectivity index (χ0n) is 8.92. The molecule has 0 unspecified atom stereocenters. The minimum Gasteiger partial charge on any atom is -0.384 e. The number of nitro groups is 1. The van der Waals surface area contributed by atoms with Crippen LogP contribution in [0.25, 0.3) is 0 Å². The van der Waals surface area contributed by atoms with E-state index in [1.54, 1.807) is 0 Å². The van der Waals surface area contributed by atoms with E-state index in [1.165, 1.54) is 13.2 Å². The number of ether oxygens (including phenoxy) is 1. The summed E-state index contributed by atoms with van der Waals surface area (Å²) in [6.45, 7) is 0.251. The molecule has 0 aliphatic rings. The minimum absolute atomic E-state index is 0.123. The fraction of sp³-hybridized carbons (Fsp3) is 0.333. The van der Waals surface area contributed by atoms with Crippen molar-refractivity contribution < 1.29 is 18.1 Å². The maximum Gasteiger partial charge on any atom is 0.269 e. The third kappa shape index (κ3) is 3.65. The predicted octanol–water partition coefficient (Wildman–Crippen LogP) is 1.71. The fourth-order valence-electron chi connectivity index (χ4n) is 1.32. The maximum absolute atomic E-state index is 11.3. The molecular weight excluding hydrogens is 270 g/mol. The van der Waals surface area contributed by atoms with Gasteiger partial charge < -0.3 is 4.74 Å². The summed E-state index contributed by atoms with van der Waals surface area (Å²) < 4.78 is 27.3. The van der Waals surface area contributed by atoms with E-state index in [4.69, 9.17) is 15.4 Å². The van der Waals surface area contributed by atoms with Gasteiger partial charge in [0.05, 0.1) is 16.4 Å². The van der Waals surface area contributed by atoms with E-state index >= 15 is 0 Å². The topological polar surface area (TPSA) is 86.5 Å². The molecular formula is C9H10ClNO5S. The van der Waals surface area contributed by atoms with Gasteiger partial charge in [0.25, 0.3) is 14.7 Å². The zero-order chi connectivity index (χ0) is 13.1. The van der Waals surface area contributed by atoms with E-state index in [0.717, 1.165) is 12.1 Å². The lowest BCUT2D eigenvalue weighted by Gasteiger charge is -2.06. The van der Waals surface area contributed by atoms with Crippen LogP contribution in [0.4, 0.5) is 5.69 Å². The van der Waals surface area contributed by atoms with Crippen molar-refractivity contribution in [3.63, 3.8) is 0 Å². The summed E-state index contributed by atoms with van der Waals surface area (Å²) in [6, 6.07) is 3.42. The lowest BCUT2D eigenvalue weighted by atomic mass is 10.1. The maximum atomic E-state index is 11.3. The molecule has 0 aliphatic heterocycles. The summed E-state index contributed by atoms with van der Waals surface area (Å²) in [4.78, 5) is 9.86. The highest BCUT2D eigenvalue weighted by atomic mass is 35.7. The second-order valence-electron chi connectivity index (χ2n) is 3.23. The van der Waals surface area contributed by atoms with Gasteiger partial charge in [-0.1, -0.05) is 0 Å². The summed E-state index contributed by atoms with van der Waals surface area (Å²) >= 11 is 0. The van der Waals surface area contributed by atoms with Crippen molar-refractivity contribution in [3.05, 3.63) is 33.9 Å². The van der Waals surface area contributed by atoms with Gasteiger partial charge in [0, 0.05) is 29.9 Å². The van der Waals surface area contributed by atoms with Crippen LogP contribution in [-0.4, -0.2) is 27.1 Å². The molecule has 0 spiro atoms. The molecule has 1 aromatic carbocycles. The SMILES string of the molecule is COCCc1cc([N+](=O)[O-])ccc1S(=O)(=O)Cl. The van der Waals surface area contributed by atoms with Gasteiger partial charge >= 0.3 is 0 Å².